The smallest absolute Gasteiger partial charge is 0.0670 e. The number of hydrogen-bond donors (Lipinski definition) is 1. The molecule has 1 N–H and O–H groups in total. The molecule has 70 valence electrons. The monoisotopic (exact) mass is 224 g/mol. The number of halogens is 2. The van der Waals surface area contributed by atoms with Crippen LogP contribution in [0.1, 0.15) is 5.56 Å². The lowest BCUT2D eigenvalue weighted by Gasteiger charge is -1.97. The molecule has 4 heteroatoms. The van der Waals surface area contributed by atoms with E-state index in [9.17, 15) is 0 Å². The summed E-state index contributed by atoms with van der Waals surface area (Å²) in [6.45, 7) is 0. The highest BCUT2D eigenvalue weighted by Gasteiger charge is 2.06. The van der Waals surface area contributed by atoms with Crippen molar-refractivity contribution in [3.05, 3.63) is 33.9 Å². The summed E-state index contributed by atoms with van der Waals surface area (Å²) in [5, 5.41) is 10.6. The van der Waals surface area contributed by atoms with Gasteiger partial charge in [-0.3, -0.25) is 0 Å². The predicted octanol–water partition coefficient (Wildman–Crippen LogP) is 3.54. The maximum Gasteiger partial charge on any atom is 0.0670 e. The maximum absolute atomic E-state index is 8.60. The van der Waals surface area contributed by atoms with Crippen molar-refractivity contribution < 1.29 is 0 Å². The minimum Gasteiger partial charge on any atom is -0.361 e. The molecule has 0 amide bonds. The molecule has 14 heavy (non-hydrogen) atoms. The number of fused-ring (bicyclic) bond motifs is 1. The molecule has 0 aliphatic rings. The predicted molar refractivity (Wildman–Crippen MR) is 57.6 cm³/mol. The number of hydrogen-bond acceptors (Lipinski definition) is 1. The van der Waals surface area contributed by atoms with E-state index in [0.717, 1.165) is 16.5 Å². The largest absolute Gasteiger partial charge is 0.361 e. The van der Waals surface area contributed by atoms with E-state index >= 15 is 0 Å². The molecule has 1 aromatic carbocycles. The first-order valence-corrected chi connectivity index (χ1v) is 4.80. The molecule has 0 atom stereocenters. The molecule has 0 aliphatic heterocycles. The Balaban J connectivity index is 2.69. The summed E-state index contributed by atoms with van der Waals surface area (Å²) in [5.74, 6) is 0. The summed E-state index contributed by atoms with van der Waals surface area (Å²) in [7, 11) is 0. The van der Waals surface area contributed by atoms with Gasteiger partial charge in [-0.25, -0.2) is 0 Å². The number of H-pyrrole nitrogens is 1. The normalized spacial score (nSPS) is 10.4. The molecular formula is C10H6Cl2N2. The molecule has 1 aromatic heterocycles. The number of aromatic amines is 1. The van der Waals surface area contributed by atoms with E-state index in [2.05, 4.69) is 11.1 Å². The molecule has 0 saturated heterocycles. The summed E-state index contributed by atoms with van der Waals surface area (Å²) in [4.78, 5) is 3.05. The van der Waals surface area contributed by atoms with Crippen molar-refractivity contribution in [2.24, 2.45) is 0 Å². The molecule has 0 fully saturated rings. The van der Waals surface area contributed by atoms with E-state index in [1.807, 2.05) is 0 Å². The van der Waals surface area contributed by atoms with E-state index < -0.39 is 0 Å². The molecule has 0 unspecified atom stereocenters. The lowest BCUT2D eigenvalue weighted by molar-refractivity contribution is 1.28. The average molecular weight is 225 g/mol. The van der Waals surface area contributed by atoms with Gasteiger partial charge in [0.05, 0.1) is 22.5 Å². The second-order valence-corrected chi connectivity index (χ2v) is 3.78. The topological polar surface area (TPSA) is 39.6 Å². The third kappa shape index (κ3) is 1.45. The van der Waals surface area contributed by atoms with Gasteiger partial charge in [-0.1, -0.05) is 23.2 Å². The number of nitrogens with zero attached hydrogens (tertiary/aromatic N) is 1. The van der Waals surface area contributed by atoms with Gasteiger partial charge in [-0.05, 0) is 17.7 Å². The average Bonchev–Trinajstić information content (AvgIpc) is 2.51. The summed E-state index contributed by atoms with van der Waals surface area (Å²) in [6, 6.07) is 5.64. The Morgan fingerprint density at radius 1 is 1.29 bits per heavy atom. The van der Waals surface area contributed by atoms with Crippen LogP contribution in [-0.2, 0) is 6.42 Å². The minimum absolute atomic E-state index is 0.373. The number of rotatable bonds is 1. The first-order chi connectivity index (χ1) is 6.72. The summed E-state index contributed by atoms with van der Waals surface area (Å²) in [5.41, 5.74) is 1.85. The Kier molecular flexibility index (Phi) is 2.37. The van der Waals surface area contributed by atoms with Crippen LogP contribution in [0.3, 0.4) is 0 Å². The van der Waals surface area contributed by atoms with Gasteiger partial charge in [0, 0.05) is 17.1 Å². The van der Waals surface area contributed by atoms with E-state index in [4.69, 9.17) is 28.5 Å². The van der Waals surface area contributed by atoms with Gasteiger partial charge < -0.3 is 4.98 Å². The second kappa shape index (κ2) is 3.53. The summed E-state index contributed by atoms with van der Waals surface area (Å²) < 4.78 is 0. The van der Waals surface area contributed by atoms with Gasteiger partial charge >= 0.3 is 0 Å². The third-order valence-electron chi connectivity index (χ3n) is 2.08. The van der Waals surface area contributed by atoms with Crippen molar-refractivity contribution in [1.29, 1.82) is 5.26 Å². The van der Waals surface area contributed by atoms with Gasteiger partial charge in [0.1, 0.15) is 0 Å². The van der Waals surface area contributed by atoms with E-state index in [1.54, 1.807) is 18.3 Å². The van der Waals surface area contributed by atoms with Gasteiger partial charge in [-0.15, -0.1) is 0 Å². The minimum atomic E-state index is 0.373. The molecule has 2 aromatic rings. The lowest BCUT2D eigenvalue weighted by Crippen LogP contribution is -1.77. The molecule has 0 aliphatic carbocycles. The molecule has 0 radical (unpaired) electrons. The van der Waals surface area contributed by atoms with Crippen molar-refractivity contribution in [3.8, 4) is 6.07 Å². The van der Waals surface area contributed by atoms with Crippen molar-refractivity contribution in [3.63, 3.8) is 0 Å². The van der Waals surface area contributed by atoms with Crippen LogP contribution >= 0.6 is 23.2 Å². The molecule has 2 nitrogen and oxygen atoms in total. The van der Waals surface area contributed by atoms with Gasteiger partial charge in [0.25, 0.3) is 0 Å². The van der Waals surface area contributed by atoms with E-state index in [-0.39, 0.29) is 0 Å². The first-order valence-electron chi connectivity index (χ1n) is 4.04. The van der Waals surface area contributed by atoms with Gasteiger partial charge in [-0.2, -0.15) is 5.26 Å². The van der Waals surface area contributed by atoms with Gasteiger partial charge in [0.15, 0.2) is 0 Å². The number of nitriles is 1. The highest BCUT2D eigenvalue weighted by Crippen LogP contribution is 2.29. The van der Waals surface area contributed by atoms with E-state index in [1.165, 1.54) is 0 Å². The number of nitrogens with one attached hydrogen (secondary N) is 1. The molecule has 2 rings (SSSR count). The number of benzene rings is 1. The highest BCUT2D eigenvalue weighted by molar-refractivity contribution is 6.42. The zero-order valence-corrected chi connectivity index (χ0v) is 8.65. The number of aromatic nitrogens is 1. The van der Waals surface area contributed by atoms with Crippen LogP contribution in [0.5, 0.6) is 0 Å². The Morgan fingerprint density at radius 3 is 2.71 bits per heavy atom. The molecule has 1 heterocycles. The Labute approximate surface area is 91.1 Å². The van der Waals surface area contributed by atoms with Gasteiger partial charge in [0.2, 0.25) is 0 Å². The first kappa shape index (κ1) is 9.39. The molecule has 0 bridgehead atoms. The SMILES string of the molecule is N#CCc1c[nH]c2cc(Cl)c(Cl)cc12. The Hall–Kier alpha value is -1.17. The Morgan fingerprint density at radius 2 is 2.00 bits per heavy atom. The lowest BCUT2D eigenvalue weighted by atomic mass is 10.1. The zero-order chi connectivity index (χ0) is 10.1. The standard InChI is InChI=1S/C10H6Cl2N2/c11-8-3-7-6(1-2-13)5-14-10(7)4-9(8)12/h3-5,14H,1H2. The fourth-order valence-corrected chi connectivity index (χ4v) is 1.73. The van der Waals surface area contributed by atoms with Crippen molar-refractivity contribution >= 4 is 34.1 Å². The third-order valence-corrected chi connectivity index (χ3v) is 2.80. The van der Waals surface area contributed by atoms with Crippen LogP contribution in [-0.4, -0.2) is 4.98 Å². The highest BCUT2D eigenvalue weighted by atomic mass is 35.5. The van der Waals surface area contributed by atoms with E-state index in [0.29, 0.717) is 16.5 Å². The van der Waals surface area contributed by atoms with Crippen molar-refractivity contribution in [2.75, 3.05) is 0 Å². The van der Waals surface area contributed by atoms with Crippen LogP contribution in [0.15, 0.2) is 18.3 Å². The fraction of sp³-hybridized carbons (Fsp3) is 0.100. The Bertz CT molecular complexity index is 523. The summed E-state index contributed by atoms with van der Waals surface area (Å²) in [6.07, 6.45) is 2.18. The van der Waals surface area contributed by atoms with Crippen LogP contribution in [0.25, 0.3) is 10.9 Å². The second-order valence-electron chi connectivity index (χ2n) is 2.96. The molecule has 0 saturated carbocycles. The van der Waals surface area contributed by atoms with Crippen molar-refractivity contribution in [2.45, 2.75) is 6.42 Å². The van der Waals surface area contributed by atoms with Crippen molar-refractivity contribution in [1.82, 2.24) is 4.98 Å². The van der Waals surface area contributed by atoms with Crippen LogP contribution < -0.4 is 0 Å². The quantitative estimate of drug-likeness (QED) is 0.791. The van der Waals surface area contributed by atoms with Crippen LogP contribution in [0.2, 0.25) is 10.0 Å². The maximum atomic E-state index is 8.60. The van der Waals surface area contributed by atoms with Crippen LogP contribution in [0.4, 0.5) is 0 Å². The summed E-state index contributed by atoms with van der Waals surface area (Å²) >= 11 is 11.7. The van der Waals surface area contributed by atoms with Crippen LogP contribution in [0, 0.1) is 11.3 Å². The molecule has 0 spiro atoms. The molecular weight excluding hydrogens is 219 g/mol. The fourth-order valence-electron chi connectivity index (χ4n) is 1.41. The zero-order valence-electron chi connectivity index (χ0n) is 7.14.